The van der Waals surface area contributed by atoms with Crippen LogP contribution >= 0.6 is 0 Å². The van der Waals surface area contributed by atoms with Crippen LogP contribution in [0.5, 0.6) is 0 Å². The first-order valence-electron chi connectivity index (χ1n) is 5.08. The van der Waals surface area contributed by atoms with Crippen LogP contribution in [0.2, 0.25) is 0 Å². The van der Waals surface area contributed by atoms with E-state index in [0.717, 1.165) is 5.92 Å². The minimum Gasteiger partial charge on any atom is -0.327 e. The first-order chi connectivity index (χ1) is 5.65. The minimum atomic E-state index is 0.422. The van der Waals surface area contributed by atoms with Gasteiger partial charge in [-0.25, -0.2) is 0 Å². The first-order valence-corrected chi connectivity index (χ1v) is 5.08. The molecule has 0 amide bonds. The van der Waals surface area contributed by atoms with Crippen LogP contribution in [0.15, 0.2) is 0 Å². The fraction of sp³-hybridized carbons (Fsp3) is 1.00. The van der Waals surface area contributed by atoms with Crippen molar-refractivity contribution in [1.82, 2.24) is 5.32 Å². The molecule has 1 aliphatic carbocycles. The Hall–Kier alpha value is -0.0800. The van der Waals surface area contributed by atoms with Gasteiger partial charge in [-0.2, -0.15) is 0 Å². The maximum atomic E-state index is 6.03. The molecule has 2 nitrogen and oxygen atoms in total. The SMILES string of the molecule is CN[C@H]1CC(C)C(N)CCC1C. The van der Waals surface area contributed by atoms with E-state index in [1.807, 2.05) is 0 Å². The Bertz CT molecular complexity index is 136. The minimum absolute atomic E-state index is 0.422. The maximum Gasteiger partial charge on any atom is 0.00928 e. The summed E-state index contributed by atoms with van der Waals surface area (Å²) in [6.45, 7) is 4.60. The van der Waals surface area contributed by atoms with Crippen molar-refractivity contribution in [2.24, 2.45) is 17.6 Å². The number of hydrogen-bond donors (Lipinski definition) is 2. The molecule has 0 aromatic heterocycles. The summed E-state index contributed by atoms with van der Waals surface area (Å²) in [6.07, 6.45) is 3.70. The largest absolute Gasteiger partial charge is 0.327 e. The standard InChI is InChI=1S/C10H22N2/c1-7-4-5-9(11)8(2)6-10(7)12-3/h7-10,12H,4-6,11H2,1-3H3/t7?,8?,9?,10-/m0/s1. The van der Waals surface area contributed by atoms with E-state index in [2.05, 4.69) is 26.2 Å². The molecule has 0 aromatic rings. The molecule has 3 unspecified atom stereocenters. The molecule has 12 heavy (non-hydrogen) atoms. The van der Waals surface area contributed by atoms with E-state index < -0.39 is 0 Å². The molecule has 72 valence electrons. The van der Waals surface area contributed by atoms with Gasteiger partial charge in [-0.3, -0.25) is 0 Å². The third kappa shape index (κ3) is 2.20. The maximum absolute atomic E-state index is 6.03. The van der Waals surface area contributed by atoms with Gasteiger partial charge in [0, 0.05) is 12.1 Å². The van der Waals surface area contributed by atoms with E-state index in [-0.39, 0.29) is 0 Å². The molecule has 0 saturated heterocycles. The van der Waals surface area contributed by atoms with Crippen LogP contribution in [0.4, 0.5) is 0 Å². The zero-order valence-corrected chi connectivity index (χ0v) is 8.51. The zero-order valence-electron chi connectivity index (χ0n) is 8.51. The molecule has 0 radical (unpaired) electrons. The van der Waals surface area contributed by atoms with Crippen molar-refractivity contribution in [2.75, 3.05) is 7.05 Å². The van der Waals surface area contributed by atoms with Crippen molar-refractivity contribution < 1.29 is 0 Å². The van der Waals surface area contributed by atoms with Crippen LogP contribution in [-0.2, 0) is 0 Å². The molecule has 1 aliphatic rings. The van der Waals surface area contributed by atoms with Crippen molar-refractivity contribution in [3.05, 3.63) is 0 Å². The fourth-order valence-corrected chi connectivity index (χ4v) is 2.15. The van der Waals surface area contributed by atoms with Gasteiger partial charge in [-0.1, -0.05) is 13.8 Å². The van der Waals surface area contributed by atoms with E-state index in [4.69, 9.17) is 5.73 Å². The van der Waals surface area contributed by atoms with Crippen molar-refractivity contribution in [2.45, 2.75) is 45.2 Å². The van der Waals surface area contributed by atoms with Crippen LogP contribution in [0.3, 0.4) is 0 Å². The van der Waals surface area contributed by atoms with Gasteiger partial charge in [0.2, 0.25) is 0 Å². The second-order valence-electron chi connectivity index (χ2n) is 4.33. The van der Waals surface area contributed by atoms with Gasteiger partial charge in [-0.05, 0) is 38.1 Å². The molecule has 1 saturated carbocycles. The van der Waals surface area contributed by atoms with Crippen molar-refractivity contribution >= 4 is 0 Å². The van der Waals surface area contributed by atoms with Crippen molar-refractivity contribution in [1.29, 1.82) is 0 Å². The predicted octanol–water partition coefficient (Wildman–Crippen LogP) is 1.36. The molecule has 0 spiro atoms. The van der Waals surface area contributed by atoms with E-state index >= 15 is 0 Å². The lowest BCUT2D eigenvalue weighted by atomic mass is 9.94. The average Bonchev–Trinajstić information content (AvgIpc) is 2.18. The Kier molecular flexibility index (Phi) is 3.53. The van der Waals surface area contributed by atoms with Crippen molar-refractivity contribution in [3.63, 3.8) is 0 Å². The smallest absolute Gasteiger partial charge is 0.00928 e. The summed E-state index contributed by atoms with van der Waals surface area (Å²) in [7, 11) is 2.06. The van der Waals surface area contributed by atoms with Gasteiger partial charge >= 0.3 is 0 Å². The molecular formula is C10H22N2. The number of rotatable bonds is 1. The van der Waals surface area contributed by atoms with E-state index in [9.17, 15) is 0 Å². The molecule has 1 rings (SSSR count). The first kappa shape index (κ1) is 10.0. The monoisotopic (exact) mass is 170 g/mol. The third-order valence-corrected chi connectivity index (χ3v) is 3.37. The Morgan fingerprint density at radius 3 is 2.42 bits per heavy atom. The quantitative estimate of drug-likeness (QED) is 0.583. The van der Waals surface area contributed by atoms with Gasteiger partial charge in [0.25, 0.3) is 0 Å². The summed E-state index contributed by atoms with van der Waals surface area (Å²) in [4.78, 5) is 0. The Labute approximate surface area is 75.9 Å². The van der Waals surface area contributed by atoms with Crippen LogP contribution in [-0.4, -0.2) is 19.1 Å². The van der Waals surface area contributed by atoms with Gasteiger partial charge in [0.15, 0.2) is 0 Å². The highest BCUT2D eigenvalue weighted by molar-refractivity contribution is 4.84. The molecular weight excluding hydrogens is 148 g/mol. The lowest BCUT2D eigenvalue weighted by Gasteiger charge is -2.22. The van der Waals surface area contributed by atoms with Gasteiger partial charge in [-0.15, -0.1) is 0 Å². The van der Waals surface area contributed by atoms with Gasteiger partial charge in [0.1, 0.15) is 0 Å². The lowest BCUT2D eigenvalue weighted by Crippen LogP contribution is -2.34. The predicted molar refractivity (Wildman–Crippen MR) is 53.0 cm³/mol. The topological polar surface area (TPSA) is 38.0 Å². The highest BCUT2D eigenvalue weighted by atomic mass is 14.9. The normalized spacial score (nSPS) is 44.0. The van der Waals surface area contributed by atoms with Crippen LogP contribution in [0.1, 0.15) is 33.1 Å². The molecule has 4 atom stereocenters. The van der Waals surface area contributed by atoms with Crippen LogP contribution in [0, 0.1) is 11.8 Å². The van der Waals surface area contributed by atoms with E-state index in [0.29, 0.717) is 18.0 Å². The second-order valence-corrected chi connectivity index (χ2v) is 4.33. The Balaban J connectivity index is 2.54. The lowest BCUT2D eigenvalue weighted by molar-refractivity contribution is 0.349. The third-order valence-electron chi connectivity index (χ3n) is 3.37. The van der Waals surface area contributed by atoms with E-state index in [1.165, 1.54) is 19.3 Å². The summed E-state index contributed by atoms with van der Waals surface area (Å²) in [5.74, 6) is 1.46. The number of nitrogens with two attached hydrogens (primary N) is 1. The summed E-state index contributed by atoms with van der Waals surface area (Å²) < 4.78 is 0. The highest BCUT2D eigenvalue weighted by Crippen LogP contribution is 2.26. The van der Waals surface area contributed by atoms with Gasteiger partial charge in [0.05, 0.1) is 0 Å². The molecule has 0 aliphatic heterocycles. The molecule has 0 aromatic carbocycles. The highest BCUT2D eigenvalue weighted by Gasteiger charge is 2.26. The van der Waals surface area contributed by atoms with Crippen molar-refractivity contribution in [3.8, 4) is 0 Å². The molecule has 3 N–H and O–H groups in total. The van der Waals surface area contributed by atoms with Crippen LogP contribution < -0.4 is 11.1 Å². The van der Waals surface area contributed by atoms with E-state index in [1.54, 1.807) is 0 Å². The Morgan fingerprint density at radius 2 is 1.83 bits per heavy atom. The summed E-state index contributed by atoms with van der Waals surface area (Å²) in [5, 5.41) is 3.39. The zero-order chi connectivity index (χ0) is 9.14. The second kappa shape index (κ2) is 4.24. The average molecular weight is 170 g/mol. The molecule has 2 heteroatoms. The molecule has 1 fully saturated rings. The summed E-state index contributed by atoms with van der Waals surface area (Å²) >= 11 is 0. The van der Waals surface area contributed by atoms with Gasteiger partial charge < -0.3 is 11.1 Å². The molecule has 0 heterocycles. The summed E-state index contributed by atoms with van der Waals surface area (Å²) in [5.41, 5.74) is 6.03. The Morgan fingerprint density at radius 1 is 1.17 bits per heavy atom. The van der Waals surface area contributed by atoms with Crippen LogP contribution in [0.25, 0.3) is 0 Å². The fourth-order valence-electron chi connectivity index (χ4n) is 2.15. The summed E-state index contributed by atoms with van der Waals surface area (Å²) in [6, 6.07) is 1.10. The number of hydrogen-bond acceptors (Lipinski definition) is 2. The number of nitrogens with one attached hydrogen (secondary N) is 1. The molecule has 0 bridgehead atoms.